The Labute approximate surface area is 117 Å². The molecule has 2 unspecified atom stereocenters. The minimum Gasteiger partial charge on any atom is -0.339 e. The van der Waals surface area contributed by atoms with Crippen molar-refractivity contribution >= 4 is 18.3 Å². The average molecular weight is 275 g/mol. The van der Waals surface area contributed by atoms with Crippen molar-refractivity contribution in [3.05, 3.63) is 0 Å². The standard InChI is InChI=1S/C14H26N2O.ClH/c1-2-13-8-4-3-5-10-16(13)14(17)12-7-6-9-15-11-12;/h12-13,15H,2-11H2,1H3;1H. The van der Waals surface area contributed by atoms with Crippen LogP contribution >= 0.6 is 12.4 Å². The van der Waals surface area contributed by atoms with Gasteiger partial charge in [-0.2, -0.15) is 0 Å². The van der Waals surface area contributed by atoms with E-state index in [1.165, 1.54) is 25.7 Å². The topological polar surface area (TPSA) is 32.3 Å². The van der Waals surface area contributed by atoms with E-state index in [4.69, 9.17) is 0 Å². The monoisotopic (exact) mass is 274 g/mol. The highest BCUT2D eigenvalue weighted by molar-refractivity contribution is 5.85. The van der Waals surface area contributed by atoms with E-state index in [-0.39, 0.29) is 18.3 Å². The second-order valence-corrected chi connectivity index (χ2v) is 5.49. The van der Waals surface area contributed by atoms with Gasteiger partial charge < -0.3 is 10.2 Å². The Bertz CT molecular complexity index is 254. The molecule has 2 saturated heterocycles. The second kappa shape index (κ2) is 8.00. The van der Waals surface area contributed by atoms with Crippen LogP contribution in [-0.4, -0.2) is 36.5 Å². The van der Waals surface area contributed by atoms with Crippen LogP contribution in [0.5, 0.6) is 0 Å². The maximum Gasteiger partial charge on any atom is 0.227 e. The molecule has 3 nitrogen and oxygen atoms in total. The predicted molar refractivity (Wildman–Crippen MR) is 77.1 cm³/mol. The summed E-state index contributed by atoms with van der Waals surface area (Å²) >= 11 is 0. The number of likely N-dealkylation sites (tertiary alicyclic amines) is 1. The normalized spacial score (nSPS) is 29.3. The molecule has 4 heteroatoms. The lowest BCUT2D eigenvalue weighted by molar-refractivity contribution is -0.138. The molecular formula is C14H27ClN2O. The van der Waals surface area contributed by atoms with Crippen molar-refractivity contribution in [3.8, 4) is 0 Å². The van der Waals surface area contributed by atoms with E-state index in [0.29, 0.717) is 11.9 Å². The molecule has 0 spiro atoms. The molecule has 2 atom stereocenters. The summed E-state index contributed by atoms with van der Waals surface area (Å²) in [5.74, 6) is 0.668. The van der Waals surface area contributed by atoms with Gasteiger partial charge in [0.05, 0.1) is 5.92 Å². The first-order valence-electron chi connectivity index (χ1n) is 7.34. The third-order valence-corrected chi connectivity index (χ3v) is 4.28. The number of nitrogens with one attached hydrogen (secondary N) is 1. The first-order valence-corrected chi connectivity index (χ1v) is 7.34. The van der Waals surface area contributed by atoms with Crippen LogP contribution in [0.15, 0.2) is 0 Å². The molecule has 0 radical (unpaired) electrons. The highest BCUT2D eigenvalue weighted by Gasteiger charge is 2.30. The van der Waals surface area contributed by atoms with Crippen LogP contribution in [0.1, 0.15) is 51.9 Å². The molecule has 2 aliphatic rings. The van der Waals surface area contributed by atoms with E-state index in [1.54, 1.807) is 0 Å². The minimum absolute atomic E-state index is 0. The van der Waals surface area contributed by atoms with Crippen molar-refractivity contribution in [3.63, 3.8) is 0 Å². The quantitative estimate of drug-likeness (QED) is 0.839. The molecule has 106 valence electrons. The Morgan fingerprint density at radius 1 is 1.22 bits per heavy atom. The molecule has 0 aliphatic carbocycles. The lowest BCUT2D eigenvalue weighted by Crippen LogP contribution is -2.47. The first-order chi connectivity index (χ1) is 8.33. The fraction of sp³-hybridized carbons (Fsp3) is 0.929. The van der Waals surface area contributed by atoms with Gasteiger partial charge in [0.25, 0.3) is 0 Å². The lowest BCUT2D eigenvalue weighted by Gasteiger charge is -2.34. The van der Waals surface area contributed by atoms with Gasteiger partial charge in [0, 0.05) is 19.1 Å². The third kappa shape index (κ3) is 3.86. The van der Waals surface area contributed by atoms with Crippen LogP contribution in [0.4, 0.5) is 0 Å². The molecule has 2 rings (SSSR count). The molecule has 0 saturated carbocycles. The zero-order valence-electron chi connectivity index (χ0n) is 11.5. The van der Waals surface area contributed by atoms with Crippen LogP contribution in [0, 0.1) is 5.92 Å². The number of carbonyl (C=O) groups excluding carboxylic acids is 1. The fourth-order valence-electron chi connectivity index (χ4n) is 3.19. The number of carbonyl (C=O) groups is 1. The zero-order valence-corrected chi connectivity index (χ0v) is 12.3. The molecule has 2 heterocycles. The average Bonchev–Trinajstić information content (AvgIpc) is 2.64. The smallest absolute Gasteiger partial charge is 0.227 e. The summed E-state index contributed by atoms with van der Waals surface area (Å²) in [6.07, 6.45) is 8.35. The van der Waals surface area contributed by atoms with E-state index in [0.717, 1.165) is 38.9 Å². The lowest BCUT2D eigenvalue weighted by atomic mass is 9.96. The molecule has 1 N–H and O–H groups in total. The van der Waals surface area contributed by atoms with Crippen molar-refractivity contribution in [1.82, 2.24) is 10.2 Å². The number of piperidine rings is 1. The van der Waals surface area contributed by atoms with E-state index in [1.807, 2.05) is 0 Å². The second-order valence-electron chi connectivity index (χ2n) is 5.49. The zero-order chi connectivity index (χ0) is 12.1. The summed E-state index contributed by atoms with van der Waals surface area (Å²) < 4.78 is 0. The number of nitrogens with zero attached hydrogens (tertiary/aromatic N) is 1. The summed E-state index contributed by atoms with van der Waals surface area (Å²) in [6.45, 7) is 5.19. The number of amides is 1. The molecular weight excluding hydrogens is 248 g/mol. The highest BCUT2D eigenvalue weighted by atomic mass is 35.5. The number of halogens is 1. The highest BCUT2D eigenvalue weighted by Crippen LogP contribution is 2.23. The summed E-state index contributed by atoms with van der Waals surface area (Å²) in [5.41, 5.74) is 0. The van der Waals surface area contributed by atoms with Crippen molar-refractivity contribution in [2.45, 2.75) is 57.9 Å². The molecule has 0 aromatic heterocycles. The SMILES string of the molecule is CCC1CCCCCN1C(=O)C1CCCNC1.Cl. The predicted octanol–water partition coefficient (Wildman–Crippen LogP) is 2.59. The fourth-order valence-corrected chi connectivity index (χ4v) is 3.19. The van der Waals surface area contributed by atoms with E-state index < -0.39 is 0 Å². The summed E-state index contributed by atoms with van der Waals surface area (Å²) in [7, 11) is 0. The summed E-state index contributed by atoms with van der Waals surface area (Å²) in [5, 5.41) is 3.36. The molecule has 2 aliphatic heterocycles. The maximum absolute atomic E-state index is 12.6. The van der Waals surface area contributed by atoms with Gasteiger partial charge >= 0.3 is 0 Å². The molecule has 0 aromatic rings. The Morgan fingerprint density at radius 3 is 2.72 bits per heavy atom. The van der Waals surface area contributed by atoms with E-state index in [2.05, 4.69) is 17.1 Å². The largest absolute Gasteiger partial charge is 0.339 e. The van der Waals surface area contributed by atoms with E-state index in [9.17, 15) is 4.79 Å². The van der Waals surface area contributed by atoms with Gasteiger partial charge in [0.15, 0.2) is 0 Å². The molecule has 0 aromatic carbocycles. The van der Waals surface area contributed by atoms with Crippen molar-refractivity contribution in [1.29, 1.82) is 0 Å². The Morgan fingerprint density at radius 2 is 2.06 bits per heavy atom. The van der Waals surface area contributed by atoms with Gasteiger partial charge in [0.2, 0.25) is 5.91 Å². The Hall–Kier alpha value is -0.280. The first kappa shape index (κ1) is 15.8. The minimum atomic E-state index is 0. The van der Waals surface area contributed by atoms with Gasteiger partial charge in [-0.25, -0.2) is 0 Å². The maximum atomic E-state index is 12.6. The van der Waals surface area contributed by atoms with Crippen LogP contribution in [0.25, 0.3) is 0 Å². The van der Waals surface area contributed by atoms with Crippen molar-refractivity contribution < 1.29 is 4.79 Å². The molecule has 0 bridgehead atoms. The molecule has 18 heavy (non-hydrogen) atoms. The van der Waals surface area contributed by atoms with Gasteiger partial charge in [-0.15, -0.1) is 12.4 Å². The van der Waals surface area contributed by atoms with Crippen LogP contribution in [-0.2, 0) is 4.79 Å². The molecule has 1 amide bonds. The summed E-state index contributed by atoms with van der Waals surface area (Å²) in [6, 6.07) is 0.506. The van der Waals surface area contributed by atoms with Gasteiger partial charge in [-0.1, -0.05) is 19.8 Å². The van der Waals surface area contributed by atoms with Crippen LogP contribution in [0.2, 0.25) is 0 Å². The molecule has 2 fully saturated rings. The Kier molecular flexibility index (Phi) is 7.02. The third-order valence-electron chi connectivity index (χ3n) is 4.28. The van der Waals surface area contributed by atoms with Gasteiger partial charge in [-0.3, -0.25) is 4.79 Å². The van der Waals surface area contributed by atoms with Gasteiger partial charge in [-0.05, 0) is 38.6 Å². The van der Waals surface area contributed by atoms with Crippen molar-refractivity contribution in [2.24, 2.45) is 5.92 Å². The summed E-state index contributed by atoms with van der Waals surface area (Å²) in [4.78, 5) is 14.8. The van der Waals surface area contributed by atoms with E-state index >= 15 is 0 Å². The van der Waals surface area contributed by atoms with Gasteiger partial charge in [0.1, 0.15) is 0 Å². The Balaban J connectivity index is 0.00000162. The number of rotatable bonds is 2. The van der Waals surface area contributed by atoms with Crippen LogP contribution in [0.3, 0.4) is 0 Å². The van der Waals surface area contributed by atoms with Crippen molar-refractivity contribution in [2.75, 3.05) is 19.6 Å². The number of hydrogen-bond donors (Lipinski definition) is 1. The van der Waals surface area contributed by atoms with Crippen LogP contribution < -0.4 is 5.32 Å². The number of hydrogen-bond acceptors (Lipinski definition) is 2.